The van der Waals surface area contributed by atoms with Crippen LogP contribution in [0.1, 0.15) is 33.3 Å². The predicted octanol–water partition coefficient (Wildman–Crippen LogP) is 5.07. The molecule has 0 atom stereocenters. The van der Waals surface area contributed by atoms with Gasteiger partial charge in [0.1, 0.15) is 0 Å². The quantitative estimate of drug-likeness (QED) is 0.613. The number of rotatable bonds is 0. The van der Waals surface area contributed by atoms with Crippen LogP contribution in [0.4, 0.5) is 8.78 Å². The molecule has 1 nitrogen and oxygen atoms in total. The van der Waals surface area contributed by atoms with Crippen molar-refractivity contribution in [2.45, 2.75) is 34.6 Å². The Morgan fingerprint density at radius 2 is 1.56 bits per heavy atom. The Morgan fingerprint density at radius 1 is 1.00 bits per heavy atom. The van der Waals surface area contributed by atoms with E-state index < -0.39 is 11.8 Å². The minimum atomic E-state index is -0.713. The fourth-order valence-electron chi connectivity index (χ4n) is 1.18. The highest BCUT2D eigenvalue weighted by atomic mass is 19.1. The minimum Gasteiger partial charge on any atom is -0.428 e. The van der Waals surface area contributed by atoms with Gasteiger partial charge in [0.25, 0.3) is 6.01 Å². The van der Waals surface area contributed by atoms with E-state index in [-0.39, 0.29) is 5.58 Å². The van der Waals surface area contributed by atoms with Gasteiger partial charge in [-0.2, -0.15) is 4.39 Å². The van der Waals surface area contributed by atoms with Gasteiger partial charge in [0.05, 0.1) is 0 Å². The highest BCUT2D eigenvalue weighted by Crippen LogP contribution is 2.25. The SMILES string of the molecule is CC.CC.Cc1c(F)oc2c(F)cccc12. The molecular weight excluding hydrogens is 210 g/mol. The van der Waals surface area contributed by atoms with E-state index in [4.69, 9.17) is 0 Å². The number of benzene rings is 1. The van der Waals surface area contributed by atoms with Crippen LogP contribution in [0.25, 0.3) is 11.0 Å². The smallest absolute Gasteiger partial charge is 0.281 e. The van der Waals surface area contributed by atoms with Crippen LogP contribution in [0.15, 0.2) is 22.6 Å². The van der Waals surface area contributed by atoms with E-state index in [1.807, 2.05) is 27.7 Å². The van der Waals surface area contributed by atoms with Crippen molar-refractivity contribution < 1.29 is 13.2 Å². The lowest BCUT2D eigenvalue weighted by atomic mass is 10.2. The zero-order valence-electron chi connectivity index (χ0n) is 10.4. The van der Waals surface area contributed by atoms with Gasteiger partial charge in [-0.3, -0.25) is 0 Å². The number of para-hydroxylation sites is 1. The predicted molar refractivity (Wildman–Crippen MR) is 63.6 cm³/mol. The Balaban J connectivity index is 0.000000509. The third-order valence-corrected chi connectivity index (χ3v) is 1.86. The molecule has 0 saturated heterocycles. The number of hydrogen-bond donors (Lipinski definition) is 0. The summed E-state index contributed by atoms with van der Waals surface area (Å²) in [6, 6.07) is 3.68. The fraction of sp³-hybridized carbons (Fsp3) is 0.385. The molecule has 0 fully saturated rings. The Bertz CT molecular complexity index is 433. The van der Waals surface area contributed by atoms with Gasteiger partial charge < -0.3 is 4.42 Å². The first-order chi connectivity index (χ1) is 7.70. The molecule has 0 aliphatic rings. The summed E-state index contributed by atoms with van der Waals surface area (Å²) in [6.07, 6.45) is 0. The first-order valence-corrected chi connectivity index (χ1v) is 5.53. The number of fused-ring (bicyclic) bond motifs is 1. The topological polar surface area (TPSA) is 13.1 Å². The van der Waals surface area contributed by atoms with E-state index in [9.17, 15) is 8.78 Å². The van der Waals surface area contributed by atoms with Gasteiger partial charge in [-0.05, 0) is 13.0 Å². The van der Waals surface area contributed by atoms with Crippen molar-refractivity contribution in [3.05, 3.63) is 35.6 Å². The van der Waals surface area contributed by atoms with Crippen LogP contribution in [0.2, 0.25) is 0 Å². The second-order valence-electron chi connectivity index (χ2n) is 2.62. The van der Waals surface area contributed by atoms with Crippen molar-refractivity contribution in [3.63, 3.8) is 0 Å². The van der Waals surface area contributed by atoms with Crippen molar-refractivity contribution in [2.24, 2.45) is 0 Å². The molecule has 1 aromatic carbocycles. The summed E-state index contributed by atoms with van der Waals surface area (Å²) in [5, 5.41) is 0.493. The van der Waals surface area contributed by atoms with Crippen molar-refractivity contribution in [1.29, 1.82) is 0 Å². The maximum absolute atomic E-state index is 12.9. The molecule has 90 valence electrons. The minimum absolute atomic E-state index is 0.00694. The van der Waals surface area contributed by atoms with Crippen LogP contribution in [0.5, 0.6) is 0 Å². The van der Waals surface area contributed by atoms with Crippen LogP contribution in [0.3, 0.4) is 0 Å². The van der Waals surface area contributed by atoms with Gasteiger partial charge in [0, 0.05) is 10.9 Å². The molecule has 0 unspecified atom stereocenters. The van der Waals surface area contributed by atoms with Crippen molar-refractivity contribution in [3.8, 4) is 0 Å². The van der Waals surface area contributed by atoms with Crippen molar-refractivity contribution >= 4 is 11.0 Å². The van der Waals surface area contributed by atoms with Gasteiger partial charge in [0.2, 0.25) is 0 Å². The zero-order chi connectivity index (χ0) is 12.7. The normalized spacial score (nSPS) is 8.94. The molecule has 1 aromatic heterocycles. The Kier molecular flexibility index (Phi) is 6.38. The van der Waals surface area contributed by atoms with E-state index in [0.29, 0.717) is 10.9 Å². The lowest BCUT2D eigenvalue weighted by molar-refractivity contribution is 0.369. The lowest BCUT2D eigenvalue weighted by Crippen LogP contribution is -1.73. The van der Waals surface area contributed by atoms with Crippen molar-refractivity contribution in [1.82, 2.24) is 0 Å². The molecule has 0 bridgehead atoms. The molecule has 1 heterocycles. The third-order valence-electron chi connectivity index (χ3n) is 1.86. The van der Waals surface area contributed by atoms with E-state index in [0.717, 1.165) is 0 Å². The molecule has 0 aliphatic heterocycles. The molecular formula is C13H18F2O. The summed E-state index contributed by atoms with van der Waals surface area (Å²) in [7, 11) is 0. The zero-order valence-corrected chi connectivity index (χ0v) is 10.4. The van der Waals surface area contributed by atoms with Crippen molar-refractivity contribution in [2.75, 3.05) is 0 Å². The molecule has 0 N–H and O–H groups in total. The number of aryl methyl sites for hydroxylation is 1. The number of hydrogen-bond acceptors (Lipinski definition) is 1. The van der Waals surface area contributed by atoms with Crippen LogP contribution < -0.4 is 0 Å². The second kappa shape index (κ2) is 6.99. The summed E-state index contributed by atoms with van der Waals surface area (Å²) in [5.41, 5.74) is 0.344. The average molecular weight is 228 g/mol. The van der Waals surface area contributed by atoms with Gasteiger partial charge in [-0.25, -0.2) is 4.39 Å². The Hall–Kier alpha value is -1.38. The molecule has 3 heteroatoms. The summed E-state index contributed by atoms with van der Waals surface area (Å²) in [6.45, 7) is 9.56. The first kappa shape index (κ1) is 14.6. The summed E-state index contributed by atoms with van der Waals surface area (Å²) in [5.74, 6) is -0.528. The lowest BCUT2D eigenvalue weighted by Gasteiger charge is -1.88. The molecule has 2 rings (SSSR count). The van der Waals surface area contributed by atoms with Crippen LogP contribution in [0, 0.1) is 18.8 Å². The molecule has 0 aliphatic carbocycles. The first-order valence-electron chi connectivity index (χ1n) is 5.53. The van der Waals surface area contributed by atoms with Gasteiger partial charge >= 0.3 is 0 Å². The summed E-state index contributed by atoms with van der Waals surface area (Å²) in [4.78, 5) is 0. The van der Waals surface area contributed by atoms with E-state index in [1.165, 1.54) is 12.1 Å². The highest BCUT2D eigenvalue weighted by molar-refractivity contribution is 5.81. The van der Waals surface area contributed by atoms with Crippen LogP contribution >= 0.6 is 0 Å². The Labute approximate surface area is 95.1 Å². The monoisotopic (exact) mass is 228 g/mol. The maximum atomic E-state index is 12.9. The molecule has 0 amide bonds. The third kappa shape index (κ3) is 2.81. The van der Waals surface area contributed by atoms with Crippen LogP contribution in [-0.2, 0) is 0 Å². The van der Waals surface area contributed by atoms with Gasteiger partial charge in [-0.1, -0.05) is 39.8 Å². The van der Waals surface area contributed by atoms with Gasteiger partial charge in [0.15, 0.2) is 11.4 Å². The molecule has 16 heavy (non-hydrogen) atoms. The number of halogens is 2. The Morgan fingerprint density at radius 3 is 2.06 bits per heavy atom. The number of furan rings is 1. The molecule has 0 saturated carbocycles. The molecule has 0 spiro atoms. The van der Waals surface area contributed by atoms with E-state index in [2.05, 4.69) is 4.42 Å². The standard InChI is InChI=1S/C9H6F2O.2C2H6/c1-5-6-3-2-4-7(10)8(6)12-9(5)11;2*1-2/h2-4H,1H3;2*1-2H3. The van der Waals surface area contributed by atoms with Gasteiger partial charge in [-0.15, -0.1) is 0 Å². The van der Waals surface area contributed by atoms with Crippen LogP contribution in [-0.4, -0.2) is 0 Å². The average Bonchev–Trinajstić information content (AvgIpc) is 2.63. The highest BCUT2D eigenvalue weighted by Gasteiger charge is 2.11. The molecule has 0 radical (unpaired) electrons. The largest absolute Gasteiger partial charge is 0.428 e. The summed E-state index contributed by atoms with van der Waals surface area (Å²) >= 11 is 0. The maximum Gasteiger partial charge on any atom is 0.281 e. The molecule has 2 aromatic rings. The fourth-order valence-corrected chi connectivity index (χ4v) is 1.18. The second-order valence-corrected chi connectivity index (χ2v) is 2.62. The van der Waals surface area contributed by atoms with E-state index >= 15 is 0 Å². The summed E-state index contributed by atoms with van der Waals surface area (Å²) < 4.78 is 30.3. The van der Waals surface area contributed by atoms with E-state index in [1.54, 1.807) is 13.0 Å².